The fraction of sp³-hybridized carbons (Fsp3) is 0.200. The van der Waals surface area contributed by atoms with Gasteiger partial charge in [-0.1, -0.05) is 22.0 Å². The normalized spacial score (nSPS) is 10.9. The molecule has 1 aromatic carbocycles. The Labute approximate surface area is 97.1 Å². The first kappa shape index (κ1) is 10.7. The van der Waals surface area contributed by atoms with Crippen LogP contribution in [0.2, 0.25) is 0 Å². The summed E-state index contributed by atoms with van der Waals surface area (Å²) in [5.74, 6) is 0. The van der Waals surface area contributed by atoms with Crippen molar-refractivity contribution < 1.29 is 9.76 Å². The van der Waals surface area contributed by atoms with E-state index in [1.165, 1.54) is 0 Å². The van der Waals surface area contributed by atoms with E-state index in [9.17, 15) is 5.11 Å². The molecular formula is C10H10BBrNO2. The van der Waals surface area contributed by atoms with Gasteiger partial charge in [-0.05, 0) is 18.3 Å². The SMILES string of the molecule is CO[B]n1cc(CO)c2ccc(Br)cc21. The van der Waals surface area contributed by atoms with E-state index in [1.54, 1.807) is 14.7 Å². The molecule has 0 fully saturated rings. The number of nitrogens with zero attached hydrogens (tertiary/aromatic N) is 1. The maximum Gasteiger partial charge on any atom is 0.443 e. The van der Waals surface area contributed by atoms with Gasteiger partial charge in [0.15, 0.2) is 0 Å². The Kier molecular flexibility index (Phi) is 3.14. The highest BCUT2D eigenvalue weighted by Gasteiger charge is 2.08. The monoisotopic (exact) mass is 266 g/mol. The van der Waals surface area contributed by atoms with E-state index in [4.69, 9.17) is 4.65 Å². The van der Waals surface area contributed by atoms with Crippen LogP contribution in [0.5, 0.6) is 0 Å². The first-order valence-electron chi connectivity index (χ1n) is 4.52. The van der Waals surface area contributed by atoms with Crippen molar-refractivity contribution in [3.05, 3.63) is 34.4 Å². The van der Waals surface area contributed by atoms with Gasteiger partial charge in [0.25, 0.3) is 0 Å². The van der Waals surface area contributed by atoms with E-state index >= 15 is 0 Å². The smallest absolute Gasteiger partial charge is 0.422 e. The predicted molar refractivity (Wildman–Crippen MR) is 63.7 cm³/mol. The van der Waals surface area contributed by atoms with Crippen molar-refractivity contribution in [3.63, 3.8) is 0 Å². The van der Waals surface area contributed by atoms with Gasteiger partial charge in [-0.3, -0.25) is 0 Å². The molecule has 2 aromatic rings. The molecular weight excluding hydrogens is 257 g/mol. The summed E-state index contributed by atoms with van der Waals surface area (Å²) in [6.45, 7) is 0.0304. The van der Waals surface area contributed by atoms with Crippen molar-refractivity contribution in [1.29, 1.82) is 0 Å². The van der Waals surface area contributed by atoms with Gasteiger partial charge in [0, 0.05) is 28.0 Å². The molecule has 3 nitrogen and oxygen atoms in total. The van der Waals surface area contributed by atoms with E-state index < -0.39 is 0 Å². The number of fused-ring (bicyclic) bond motifs is 1. The van der Waals surface area contributed by atoms with Crippen LogP contribution in [0.25, 0.3) is 10.9 Å². The Balaban J connectivity index is 2.64. The molecule has 1 aromatic heterocycles. The van der Waals surface area contributed by atoms with Crippen LogP contribution < -0.4 is 0 Å². The molecule has 5 heteroatoms. The van der Waals surface area contributed by atoms with Crippen LogP contribution in [-0.2, 0) is 11.3 Å². The minimum Gasteiger partial charge on any atom is -0.422 e. The summed E-state index contributed by atoms with van der Waals surface area (Å²) >= 11 is 3.42. The molecule has 1 heterocycles. The third kappa shape index (κ3) is 1.95. The highest BCUT2D eigenvalue weighted by atomic mass is 79.9. The number of hydrogen-bond acceptors (Lipinski definition) is 2. The molecule has 0 spiro atoms. The molecule has 0 aliphatic carbocycles. The zero-order chi connectivity index (χ0) is 10.8. The molecule has 0 aliphatic rings. The van der Waals surface area contributed by atoms with Crippen LogP contribution in [-0.4, -0.2) is 24.3 Å². The molecule has 77 valence electrons. The highest BCUT2D eigenvalue weighted by Crippen LogP contribution is 2.24. The lowest BCUT2D eigenvalue weighted by atomic mass is 10.2. The lowest BCUT2D eigenvalue weighted by Crippen LogP contribution is -2.06. The van der Waals surface area contributed by atoms with Crippen LogP contribution in [0.4, 0.5) is 0 Å². The van der Waals surface area contributed by atoms with E-state index in [2.05, 4.69) is 15.9 Å². The van der Waals surface area contributed by atoms with Crippen molar-refractivity contribution in [2.75, 3.05) is 7.11 Å². The topological polar surface area (TPSA) is 34.4 Å². The predicted octanol–water partition coefficient (Wildman–Crippen LogP) is 1.92. The van der Waals surface area contributed by atoms with E-state index in [1.807, 2.05) is 28.9 Å². The molecule has 1 N–H and O–H groups in total. The van der Waals surface area contributed by atoms with E-state index in [-0.39, 0.29) is 6.61 Å². The zero-order valence-corrected chi connectivity index (χ0v) is 9.86. The van der Waals surface area contributed by atoms with Gasteiger partial charge in [-0.25, -0.2) is 0 Å². The minimum atomic E-state index is 0.0304. The van der Waals surface area contributed by atoms with E-state index in [0.717, 1.165) is 20.9 Å². The summed E-state index contributed by atoms with van der Waals surface area (Å²) in [5, 5.41) is 10.2. The second-order valence-electron chi connectivity index (χ2n) is 3.22. The number of hydrogen-bond donors (Lipinski definition) is 1. The second-order valence-corrected chi connectivity index (χ2v) is 4.14. The van der Waals surface area contributed by atoms with Crippen molar-refractivity contribution in [3.8, 4) is 0 Å². The summed E-state index contributed by atoms with van der Waals surface area (Å²) in [7, 11) is 3.20. The number of benzene rings is 1. The average Bonchev–Trinajstić information content (AvgIpc) is 2.57. The average molecular weight is 267 g/mol. The lowest BCUT2D eigenvalue weighted by molar-refractivity contribution is 0.283. The zero-order valence-electron chi connectivity index (χ0n) is 8.27. The third-order valence-electron chi connectivity index (χ3n) is 2.27. The van der Waals surface area contributed by atoms with Gasteiger partial charge in [0.05, 0.1) is 6.61 Å². The van der Waals surface area contributed by atoms with Gasteiger partial charge in [-0.15, -0.1) is 0 Å². The van der Waals surface area contributed by atoms with Gasteiger partial charge in [0.2, 0.25) is 0 Å². The molecule has 0 saturated carbocycles. The number of aromatic nitrogens is 1. The first-order chi connectivity index (χ1) is 7.26. The molecule has 0 bridgehead atoms. The van der Waals surface area contributed by atoms with Crippen molar-refractivity contribution in [1.82, 2.24) is 4.48 Å². The lowest BCUT2D eigenvalue weighted by Gasteiger charge is -2.00. The molecule has 0 saturated heterocycles. The van der Waals surface area contributed by atoms with Crippen LogP contribution >= 0.6 is 15.9 Å². The van der Waals surface area contributed by atoms with Gasteiger partial charge < -0.3 is 14.2 Å². The Morgan fingerprint density at radius 2 is 2.33 bits per heavy atom. The Bertz CT molecular complexity index is 483. The number of aliphatic hydroxyl groups is 1. The largest absolute Gasteiger partial charge is 0.443 e. The van der Waals surface area contributed by atoms with E-state index in [0.29, 0.717) is 0 Å². The van der Waals surface area contributed by atoms with Gasteiger partial charge in [-0.2, -0.15) is 0 Å². The second kappa shape index (κ2) is 4.39. The number of halogens is 1. The van der Waals surface area contributed by atoms with Crippen molar-refractivity contribution in [2.45, 2.75) is 6.61 Å². The molecule has 0 unspecified atom stereocenters. The molecule has 0 atom stereocenters. The molecule has 0 aliphatic heterocycles. The van der Waals surface area contributed by atoms with Crippen LogP contribution in [0.15, 0.2) is 28.9 Å². The summed E-state index contributed by atoms with van der Waals surface area (Å²) in [6.07, 6.45) is 1.86. The first-order valence-corrected chi connectivity index (χ1v) is 5.31. The fourth-order valence-electron chi connectivity index (χ4n) is 1.62. The van der Waals surface area contributed by atoms with Crippen LogP contribution in [0, 0.1) is 0 Å². The molecule has 2 rings (SSSR count). The number of aliphatic hydroxyl groups excluding tert-OH is 1. The van der Waals surface area contributed by atoms with Crippen molar-refractivity contribution >= 4 is 34.5 Å². The minimum absolute atomic E-state index is 0.0304. The quantitative estimate of drug-likeness (QED) is 0.862. The Hall–Kier alpha value is -0.775. The highest BCUT2D eigenvalue weighted by molar-refractivity contribution is 9.10. The Morgan fingerprint density at radius 3 is 3.00 bits per heavy atom. The maximum atomic E-state index is 9.21. The summed E-state index contributed by atoms with van der Waals surface area (Å²) in [5.41, 5.74) is 1.90. The standard InChI is InChI=1S/C10H10BBrNO2/c1-15-11-13-5-7(6-14)9-3-2-8(12)4-10(9)13/h2-5,14H,6H2,1H3. The number of rotatable bonds is 3. The molecule has 0 amide bonds. The molecule has 1 radical (unpaired) electrons. The van der Waals surface area contributed by atoms with Gasteiger partial charge in [0.1, 0.15) is 0 Å². The van der Waals surface area contributed by atoms with Crippen LogP contribution in [0.1, 0.15) is 5.56 Å². The van der Waals surface area contributed by atoms with Crippen molar-refractivity contribution in [2.24, 2.45) is 0 Å². The van der Waals surface area contributed by atoms with Crippen LogP contribution in [0.3, 0.4) is 0 Å². The van der Waals surface area contributed by atoms with Gasteiger partial charge >= 0.3 is 7.62 Å². The molecule has 15 heavy (non-hydrogen) atoms. The summed E-state index contributed by atoms with van der Waals surface area (Å²) in [4.78, 5) is 0. The summed E-state index contributed by atoms with van der Waals surface area (Å²) in [6, 6.07) is 5.92. The maximum absolute atomic E-state index is 9.21. The fourth-order valence-corrected chi connectivity index (χ4v) is 1.97. The summed E-state index contributed by atoms with van der Waals surface area (Å²) < 4.78 is 7.83. The third-order valence-corrected chi connectivity index (χ3v) is 2.76. The Morgan fingerprint density at radius 1 is 1.53 bits per heavy atom.